The van der Waals surface area contributed by atoms with Crippen molar-refractivity contribution in [3.8, 4) is 0 Å². The zero-order chi connectivity index (χ0) is 25.2. The van der Waals surface area contributed by atoms with Crippen LogP contribution in [0.1, 0.15) is 65.1 Å². The van der Waals surface area contributed by atoms with Gasteiger partial charge >= 0.3 is 6.09 Å². The van der Waals surface area contributed by atoms with Crippen LogP contribution in [0.25, 0.3) is 10.9 Å². The van der Waals surface area contributed by atoms with Crippen LogP contribution in [0.5, 0.6) is 0 Å². The number of nitrogens with one attached hydrogen (secondary N) is 2. The standard InChI is InChI=1S/C25H34F2N4O3S/c1-25(2,3)34-24(33)31-9-8-18(10-15(26)13-31)35-14-21-29-20-12-17(28-16-6-4-5-7-16)11-19(27)22(20)23(32)30-21/h11-12,15-16,18,28H,4-10,13-14H2,1-3H3,(H,29,30,32)/t15-,18-/m0/s1. The summed E-state index contributed by atoms with van der Waals surface area (Å²) >= 11 is 1.49. The van der Waals surface area contributed by atoms with Crippen LogP contribution in [-0.4, -0.2) is 57.1 Å². The number of aromatic nitrogens is 2. The second-order valence-electron chi connectivity index (χ2n) is 10.5. The van der Waals surface area contributed by atoms with Crippen molar-refractivity contribution in [1.29, 1.82) is 0 Å². The van der Waals surface area contributed by atoms with Gasteiger partial charge in [-0.2, -0.15) is 11.8 Å². The Morgan fingerprint density at radius 3 is 2.74 bits per heavy atom. The quantitative estimate of drug-likeness (QED) is 0.563. The van der Waals surface area contributed by atoms with Crippen LogP contribution in [-0.2, 0) is 10.5 Å². The SMILES string of the molecule is CC(C)(C)OC(=O)N1CC[C@H](SCc2nc3cc(NC4CCCC4)cc(F)c3c(=O)[nH]2)C[C@H](F)C1. The van der Waals surface area contributed by atoms with E-state index in [2.05, 4.69) is 15.3 Å². The summed E-state index contributed by atoms with van der Waals surface area (Å²) in [6.07, 6.45) is 3.64. The third-order valence-electron chi connectivity index (χ3n) is 6.30. The molecule has 1 aromatic heterocycles. The van der Waals surface area contributed by atoms with Crippen molar-refractivity contribution >= 4 is 34.4 Å². The molecule has 2 heterocycles. The summed E-state index contributed by atoms with van der Waals surface area (Å²) in [4.78, 5) is 33.6. The number of hydrogen-bond acceptors (Lipinski definition) is 6. The summed E-state index contributed by atoms with van der Waals surface area (Å²) in [5.41, 5.74) is -0.214. The van der Waals surface area contributed by atoms with Crippen molar-refractivity contribution in [3.05, 3.63) is 34.1 Å². The minimum atomic E-state index is -1.16. The first-order chi connectivity index (χ1) is 16.6. The Balaban J connectivity index is 1.42. The van der Waals surface area contributed by atoms with Gasteiger partial charge in [0.25, 0.3) is 5.56 Å². The molecule has 2 aromatic rings. The van der Waals surface area contributed by atoms with Crippen LogP contribution < -0.4 is 10.9 Å². The molecule has 0 radical (unpaired) electrons. The topological polar surface area (TPSA) is 87.3 Å². The average Bonchev–Trinajstić information content (AvgIpc) is 3.17. The number of aromatic amines is 1. The number of rotatable bonds is 5. The number of ether oxygens (including phenoxy) is 1. The number of carbonyl (C=O) groups is 1. The number of alkyl halides is 1. The van der Waals surface area contributed by atoms with Gasteiger partial charge in [-0.15, -0.1) is 0 Å². The third kappa shape index (κ3) is 6.86. The number of amides is 1. The molecule has 10 heteroatoms. The van der Waals surface area contributed by atoms with E-state index in [-0.39, 0.29) is 17.2 Å². The lowest BCUT2D eigenvalue weighted by Gasteiger charge is -2.26. The van der Waals surface area contributed by atoms with Gasteiger partial charge in [0.05, 0.1) is 17.8 Å². The lowest BCUT2D eigenvalue weighted by molar-refractivity contribution is 0.0221. The minimum absolute atomic E-state index is 0.00702. The van der Waals surface area contributed by atoms with Gasteiger partial charge in [0.2, 0.25) is 0 Å². The number of H-pyrrole nitrogens is 1. The average molecular weight is 509 g/mol. The van der Waals surface area contributed by atoms with Crippen LogP contribution in [0.15, 0.2) is 16.9 Å². The summed E-state index contributed by atoms with van der Waals surface area (Å²) in [5.74, 6) is 0.187. The monoisotopic (exact) mass is 508 g/mol. The molecule has 0 unspecified atom stereocenters. The Kier molecular flexibility index (Phi) is 7.88. The molecule has 1 amide bonds. The summed E-state index contributed by atoms with van der Waals surface area (Å²) < 4.78 is 34.7. The van der Waals surface area contributed by atoms with Gasteiger partial charge in [-0.1, -0.05) is 12.8 Å². The number of nitrogens with zero attached hydrogens (tertiary/aromatic N) is 2. The maximum absolute atomic E-state index is 14.7. The third-order valence-corrected chi connectivity index (χ3v) is 7.64. The maximum atomic E-state index is 14.7. The van der Waals surface area contributed by atoms with Gasteiger partial charge in [-0.3, -0.25) is 4.79 Å². The van der Waals surface area contributed by atoms with Crippen molar-refractivity contribution in [2.75, 3.05) is 18.4 Å². The summed E-state index contributed by atoms with van der Waals surface area (Å²) in [6, 6.07) is 3.39. The molecule has 0 spiro atoms. The van der Waals surface area contributed by atoms with Crippen LogP contribution in [0.2, 0.25) is 0 Å². The number of thioether (sulfide) groups is 1. The Morgan fingerprint density at radius 1 is 1.29 bits per heavy atom. The highest BCUT2D eigenvalue weighted by Gasteiger charge is 2.30. The number of carbonyl (C=O) groups excluding carboxylic acids is 1. The molecule has 0 bridgehead atoms. The Hall–Kier alpha value is -2.36. The van der Waals surface area contributed by atoms with E-state index >= 15 is 0 Å². The minimum Gasteiger partial charge on any atom is -0.444 e. The molecule has 1 aromatic carbocycles. The molecule has 7 nitrogen and oxygen atoms in total. The Morgan fingerprint density at radius 2 is 2.03 bits per heavy atom. The fraction of sp³-hybridized carbons (Fsp3) is 0.640. The van der Waals surface area contributed by atoms with Crippen molar-refractivity contribution < 1.29 is 18.3 Å². The molecule has 2 aliphatic rings. The van der Waals surface area contributed by atoms with E-state index < -0.39 is 29.2 Å². The maximum Gasteiger partial charge on any atom is 0.410 e. The molecule has 1 aliphatic carbocycles. The van der Waals surface area contributed by atoms with Gasteiger partial charge in [0.1, 0.15) is 28.8 Å². The number of hydrogen-bond donors (Lipinski definition) is 2. The molecule has 1 saturated carbocycles. The van der Waals surface area contributed by atoms with E-state index in [1.165, 1.54) is 22.7 Å². The lowest BCUT2D eigenvalue weighted by Crippen LogP contribution is -2.39. The van der Waals surface area contributed by atoms with Gasteiger partial charge in [-0.05, 0) is 58.6 Å². The van der Waals surface area contributed by atoms with E-state index in [1.54, 1.807) is 26.8 Å². The van der Waals surface area contributed by atoms with E-state index in [9.17, 15) is 18.4 Å². The van der Waals surface area contributed by atoms with Crippen LogP contribution >= 0.6 is 11.8 Å². The van der Waals surface area contributed by atoms with Crippen LogP contribution in [0.4, 0.5) is 19.3 Å². The van der Waals surface area contributed by atoms with E-state index in [4.69, 9.17) is 4.74 Å². The van der Waals surface area contributed by atoms with Crippen LogP contribution in [0.3, 0.4) is 0 Å². The highest BCUT2D eigenvalue weighted by atomic mass is 32.2. The zero-order valence-corrected chi connectivity index (χ0v) is 21.4. The lowest BCUT2D eigenvalue weighted by atomic mass is 10.2. The highest BCUT2D eigenvalue weighted by Crippen LogP contribution is 2.29. The van der Waals surface area contributed by atoms with Crippen molar-refractivity contribution in [1.82, 2.24) is 14.9 Å². The van der Waals surface area contributed by atoms with Crippen molar-refractivity contribution in [2.45, 2.75) is 88.1 Å². The first kappa shape index (κ1) is 25.7. The van der Waals surface area contributed by atoms with Crippen LogP contribution in [0, 0.1) is 5.82 Å². The fourth-order valence-electron chi connectivity index (χ4n) is 4.68. The summed E-state index contributed by atoms with van der Waals surface area (Å²) in [6.45, 7) is 5.75. The first-order valence-electron chi connectivity index (χ1n) is 12.3. The molecule has 192 valence electrons. The zero-order valence-electron chi connectivity index (χ0n) is 20.5. The molecular weight excluding hydrogens is 474 g/mol. The predicted octanol–water partition coefficient (Wildman–Crippen LogP) is 5.39. The van der Waals surface area contributed by atoms with E-state index in [0.29, 0.717) is 48.2 Å². The number of anilines is 1. The molecule has 2 N–H and O–H groups in total. The molecule has 1 aliphatic heterocycles. The van der Waals surface area contributed by atoms with E-state index in [0.717, 1.165) is 25.7 Å². The van der Waals surface area contributed by atoms with Gasteiger partial charge in [-0.25, -0.2) is 18.6 Å². The van der Waals surface area contributed by atoms with Crippen molar-refractivity contribution in [2.24, 2.45) is 0 Å². The largest absolute Gasteiger partial charge is 0.444 e. The summed E-state index contributed by atoms with van der Waals surface area (Å²) in [5, 5.41) is 3.25. The Bertz CT molecular complexity index is 1110. The van der Waals surface area contributed by atoms with Gasteiger partial charge in [0.15, 0.2) is 0 Å². The molecule has 2 fully saturated rings. The molecule has 35 heavy (non-hydrogen) atoms. The number of benzene rings is 1. The molecule has 4 rings (SSSR count). The number of halogens is 2. The van der Waals surface area contributed by atoms with Crippen molar-refractivity contribution in [3.63, 3.8) is 0 Å². The molecule has 2 atom stereocenters. The second-order valence-corrected chi connectivity index (χ2v) is 11.8. The van der Waals surface area contributed by atoms with E-state index in [1.807, 2.05) is 0 Å². The van der Waals surface area contributed by atoms with Gasteiger partial charge in [0, 0.05) is 23.5 Å². The molecular formula is C25H34F2N4O3S. The number of fused-ring (bicyclic) bond motifs is 1. The fourth-order valence-corrected chi connectivity index (χ4v) is 5.83. The first-order valence-corrected chi connectivity index (χ1v) is 13.3. The number of likely N-dealkylation sites (tertiary alicyclic amines) is 1. The predicted molar refractivity (Wildman–Crippen MR) is 135 cm³/mol. The second kappa shape index (κ2) is 10.7. The highest BCUT2D eigenvalue weighted by molar-refractivity contribution is 7.99. The van der Waals surface area contributed by atoms with Gasteiger partial charge < -0.3 is 19.9 Å². The Labute approximate surface area is 208 Å². The molecule has 1 saturated heterocycles. The summed E-state index contributed by atoms with van der Waals surface area (Å²) in [7, 11) is 0. The normalized spacial score (nSPS) is 21.8. The smallest absolute Gasteiger partial charge is 0.410 e.